The van der Waals surface area contributed by atoms with Crippen LogP contribution in [-0.2, 0) is 15.5 Å². The van der Waals surface area contributed by atoms with Gasteiger partial charge in [0.1, 0.15) is 10.6 Å². The number of ether oxygens (including phenoxy) is 1. The molecule has 2 aromatic rings. The van der Waals surface area contributed by atoms with Crippen LogP contribution in [0.15, 0.2) is 46.0 Å². The Morgan fingerprint density at radius 2 is 1.95 bits per heavy atom. The summed E-state index contributed by atoms with van der Waals surface area (Å²) in [5.74, 6) is 0.294. The van der Waals surface area contributed by atoms with Crippen LogP contribution >= 0.6 is 26.6 Å². The normalized spacial score (nSPS) is 11.4. The highest BCUT2D eigenvalue weighted by Gasteiger charge is 2.20. The molecule has 7 heteroatoms. The van der Waals surface area contributed by atoms with Gasteiger partial charge in [-0.1, -0.05) is 15.9 Å². The van der Waals surface area contributed by atoms with E-state index in [2.05, 4.69) is 20.9 Å². The lowest BCUT2D eigenvalue weighted by atomic mass is 10.2. The van der Waals surface area contributed by atoms with Gasteiger partial charge in [0.05, 0.1) is 6.61 Å². The summed E-state index contributed by atoms with van der Waals surface area (Å²) < 4.78 is 29.6. The Morgan fingerprint density at radius 1 is 1.29 bits per heavy atom. The molecule has 112 valence electrons. The molecule has 0 aliphatic heterocycles. The highest BCUT2D eigenvalue weighted by molar-refractivity contribution is 9.10. The van der Waals surface area contributed by atoms with Crippen LogP contribution in [0.1, 0.15) is 11.1 Å². The second-order valence-electron chi connectivity index (χ2n) is 4.44. The van der Waals surface area contributed by atoms with Crippen molar-refractivity contribution in [3.05, 3.63) is 52.3 Å². The van der Waals surface area contributed by atoms with Gasteiger partial charge in [0.15, 0.2) is 0 Å². The van der Waals surface area contributed by atoms with Crippen molar-refractivity contribution in [1.29, 1.82) is 0 Å². The van der Waals surface area contributed by atoms with Crippen molar-refractivity contribution in [1.82, 2.24) is 4.98 Å². The standard InChI is InChI=1S/C14H13BrClNO3S/c1-10-8-12(15)9-13(21(16,18)19)14(10)20-7-4-11-2-5-17-6-3-11/h2-3,5-6,8-9H,4,7H2,1H3. The van der Waals surface area contributed by atoms with E-state index >= 15 is 0 Å². The van der Waals surface area contributed by atoms with Crippen LogP contribution in [0.2, 0.25) is 0 Å². The van der Waals surface area contributed by atoms with Gasteiger partial charge in [-0.25, -0.2) is 8.42 Å². The molecular formula is C14H13BrClNO3S. The van der Waals surface area contributed by atoms with Gasteiger partial charge < -0.3 is 4.74 Å². The number of aryl methyl sites for hydroxylation is 1. The van der Waals surface area contributed by atoms with E-state index in [1.807, 2.05) is 12.1 Å². The Morgan fingerprint density at radius 3 is 2.57 bits per heavy atom. The average Bonchev–Trinajstić information content (AvgIpc) is 2.41. The lowest BCUT2D eigenvalue weighted by Gasteiger charge is -2.13. The number of aromatic nitrogens is 1. The third kappa shape index (κ3) is 4.43. The third-order valence-corrected chi connectivity index (χ3v) is 4.64. The fourth-order valence-corrected chi connectivity index (χ4v) is 3.66. The zero-order valence-electron chi connectivity index (χ0n) is 11.2. The highest BCUT2D eigenvalue weighted by atomic mass is 79.9. The second kappa shape index (κ2) is 6.77. The third-order valence-electron chi connectivity index (χ3n) is 2.85. The fraction of sp³-hybridized carbons (Fsp3) is 0.214. The Balaban J connectivity index is 2.20. The number of rotatable bonds is 5. The van der Waals surface area contributed by atoms with Crippen molar-refractivity contribution in [3.63, 3.8) is 0 Å². The number of pyridine rings is 1. The molecule has 0 saturated carbocycles. The first-order valence-electron chi connectivity index (χ1n) is 6.14. The maximum Gasteiger partial charge on any atom is 0.265 e. The van der Waals surface area contributed by atoms with E-state index in [4.69, 9.17) is 15.4 Å². The van der Waals surface area contributed by atoms with Gasteiger partial charge in [0, 0.05) is 34.0 Å². The molecule has 0 atom stereocenters. The minimum absolute atomic E-state index is 0.0224. The molecule has 1 heterocycles. The first kappa shape index (κ1) is 16.3. The average molecular weight is 391 g/mol. The van der Waals surface area contributed by atoms with Gasteiger partial charge in [-0.2, -0.15) is 0 Å². The SMILES string of the molecule is Cc1cc(Br)cc(S(=O)(=O)Cl)c1OCCc1ccncc1. The first-order chi connectivity index (χ1) is 9.88. The van der Waals surface area contributed by atoms with Crippen molar-refractivity contribution in [2.24, 2.45) is 0 Å². The van der Waals surface area contributed by atoms with Crippen molar-refractivity contribution in [3.8, 4) is 5.75 Å². The number of hydrogen-bond acceptors (Lipinski definition) is 4. The molecule has 0 unspecified atom stereocenters. The molecule has 1 aromatic heterocycles. The quantitative estimate of drug-likeness (QED) is 0.730. The molecule has 1 aromatic carbocycles. The van der Waals surface area contributed by atoms with Gasteiger partial charge >= 0.3 is 0 Å². The molecule has 4 nitrogen and oxygen atoms in total. The van der Waals surface area contributed by atoms with Gasteiger partial charge in [-0.15, -0.1) is 0 Å². The number of benzene rings is 1. The predicted molar refractivity (Wildman–Crippen MR) is 85.4 cm³/mol. The van der Waals surface area contributed by atoms with Crippen molar-refractivity contribution in [2.75, 3.05) is 6.61 Å². The van der Waals surface area contributed by atoms with E-state index in [1.165, 1.54) is 6.07 Å². The monoisotopic (exact) mass is 389 g/mol. The van der Waals surface area contributed by atoms with Crippen LogP contribution in [0, 0.1) is 6.92 Å². The Kier molecular flexibility index (Phi) is 5.24. The predicted octanol–water partition coefficient (Wildman–Crippen LogP) is 3.70. The van der Waals surface area contributed by atoms with Crippen LogP contribution in [0.5, 0.6) is 5.75 Å². The Labute approximate surface area is 136 Å². The van der Waals surface area contributed by atoms with Gasteiger partial charge in [-0.3, -0.25) is 4.98 Å². The van der Waals surface area contributed by atoms with Gasteiger partial charge in [-0.05, 0) is 42.3 Å². The number of halogens is 2. The highest BCUT2D eigenvalue weighted by Crippen LogP contribution is 2.33. The van der Waals surface area contributed by atoms with Crippen LogP contribution in [0.4, 0.5) is 0 Å². The molecular weight excluding hydrogens is 378 g/mol. The molecule has 0 saturated heterocycles. The zero-order valence-corrected chi connectivity index (χ0v) is 14.4. The van der Waals surface area contributed by atoms with Crippen molar-refractivity contribution < 1.29 is 13.2 Å². The fourth-order valence-electron chi connectivity index (χ4n) is 1.89. The summed E-state index contributed by atoms with van der Waals surface area (Å²) in [7, 11) is 1.60. The van der Waals surface area contributed by atoms with Crippen LogP contribution < -0.4 is 4.74 Å². The maximum atomic E-state index is 11.6. The van der Waals surface area contributed by atoms with Crippen molar-refractivity contribution >= 4 is 35.7 Å². The zero-order chi connectivity index (χ0) is 15.5. The Hall–Kier alpha value is -1.11. The molecule has 0 fully saturated rings. The lowest BCUT2D eigenvalue weighted by molar-refractivity contribution is 0.311. The minimum Gasteiger partial charge on any atom is -0.492 e. The summed E-state index contributed by atoms with van der Waals surface area (Å²) in [6.07, 6.45) is 4.06. The van der Waals surface area contributed by atoms with Crippen LogP contribution in [0.3, 0.4) is 0 Å². The molecule has 0 amide bonds. The van der Waals surface area contributed by atoms with E-state index in [9.17, 15) is 8.42 Å². The van der Waals surface area contributed by atoms with Crippen LogP contribution in [-0.4, -0.2) is 20.0 Å². The van der Waals surface area contributed by atoms with Gasteiger partial charge in [0.2, 0.25) is 0 Å². The van der Waals surface area contributed by atoms with E-state index in [0.29, 0.717) is 28.8 Å². The second-order valence-corrected chi connectivity index (χ2v) is 7.89. The summed E-state index contributed by atoms with van der Waals surface area (Å²) in [4.78, 5) is 3.92. The first-order valence-corrected chi connectivity index (χ1v) is 9.24. The molecule has 2 rings (SSSR count). The lowest BCUT2D eigenvalue weighted by Crippen LogP contribution is -2.06. The van der Waals surface area contributed by atoms with E-state index in [-0.39, 0.29) is 4.90 Å². The van der Waals surface area contributed by atoms with Crippen LogP contribution in [0.25, 0.3) is 0 Å². The summed E-state index contributed by atoms with van der Waals surface area (Å²) >= 11 is 3.26. The smallest absolute Gasteiger partial charge is 0.265 e. The summed E-state index contributed by atoms with van der Waals surface area (Å²) in [6.45, 7) is 2.13. The summed E-state index contributed by atoms with van der Waals surface area (Å²) in [5.41, 5.74) is 1.77. The summed E-state index contributed by atoms with van der Waals surface area (Å²) in [6, 6.07) is 7.00. The number of nitrogens with zero attached hydrogens (tertiary/aromatic N) is 1. The molecule has 0 N–H and O–H groups in total. The van der Waals surface area contributed by atoms with E-state index < -0.39 is 9.05 Å². The topological polar surface area (TPSA) is 56.3 Å². The number of hydrogen-bond donors (Lipinski definition) is 0. The molecule has 0 aliphatic rings. The minimum atomic E-state index is -3.87. The summed E-state index contributed by atoms with van der Waals surface area (Å²) in [5, 5.41) is 0. The molecule has 0 radical (unpaired) electrons. The van der Waals surface area contributed by atoms with Gasteiger partial charge in [0.25, 0.3) is 9.05 Å². The van der Waals surface area contributed by atoms with E-state index in [0.717, 1.165) is 5.56 Å². The largest absolute Gasteiger partial charge is 0.492 e. The maximum absolute atomic E-state index is 11.6. The molecule has 0 spiro atoms. The molecule has 21 heavy (non-hydrogen) atoms. The van der Waals surface area contributed by atoms with Crippen molar-refractivity contribution in [2.45, 2.75) is 18.2 Å². The Bertz CT molecular complexity index is 735. The molecule has 0 aliphatic carbocycles. The molecule has 0 bridgehead atoms. The van der Waals surface area contributed by atoms with E-state index in [1.54, 1.807) is 25.4 Å².